The van der Waals surface area contributed by atoms with Crippen LogP contribution in [0.2, 0.25) is 0 Å². The third-order valence-electron chi connectivity index (χ3n) is 2.00. The van der Waals surface area contributed by atoms with Gasteiger partial charge in [-0.1, -0.05) is 0 Å². The number of nitrogens with one attached hydrogen (secondary N) is 1. The summed E-state index contributed by atoms with van der Waals surface area (Å²) in [5.41, 5.74) is 0. The maximum atomic E-state index is 11.0. The Balaban J connectivity index is 1.90. The van der Waals surface area contributed by atoms with E-state index in [0.29, 0.717) is 19.4 Å². The van der Waals surface area contributed by atoms with Crippen LogP contribution in [0.5, 0.6) is 0 Å². The van der Waals surface area contributed by atoms with E-state index in [1.807, 2.05) is 0 Å². The van der Waals surface area contributed by atoms with Crippen LogP contribution < -0.4 is 5.32 Å². The summed E-state index contributed by atoms with van der Waals surface area (Å²) in [7, 11) is 0. The average molecular weight is 165 g/mol. The van der Waals surface area contributed by atoms with Crippen molar-refractivity contribution in [3.8, 4) is 12.3 Å². The second-order valence-corrected chi connectivity index (χ2v) is 3.32. The lowest BCUT2D eigenvalue weighted by molar-refractivity contribution is -0.118. The lowest BCUT2D eigenvalue weighted by Crippen LogP contribution is -2.24. The molecule has 0 unspecified atom stereocenters. The maximum absolute atomic E-state index is 11.0. The highest BCUT2D eigenvalue weighted by atomic mass is 16.1. The van der Waals surface area contributed by atoms with Crippen LogP contribution in [0, 0.1) is 18.3 Å². The molecule has 0 aromatic heterocycles. The molecule has 0 amide bonds. The molecule has 0 saturated heterocycles. The van der Waals surface area contributed by atoms with Crippen LogP contribution in [0.1, 0.15) is 25.7 Å². The Hall–Kier alpha value is -0.810. The van der Waals surface area contributed by atoms with Gasteiger partial charge in [0.1, 0.15) is 5.78 Å². The molecule has 1 rings (SSSR count). The molecular formula is C10H15NO. The van der Waals surface area contributed by atoms with E-state index in [1.54, 1.807) is 0 Å². The van der Waals surface area contributed by atoms with Gasteiger partial charge in [0.25, 0.3) is 0 Å². The molecule has 0 bridgehead atoms. The normalized spacial score (nSPS) is 15.6. The zero-order chi connectivity index (χ0) is 8.81. The standard InChI is InChI=1S/C10H15NO/c1-2-3-4-10(12)8-11-7-9-5-6-9/h1,9,11H,3-8H2. The van der Waals surface area contributed by atoms with E-state index in [4.69, 9.17) is 6.42 Å². The fourth-order valence-corrected chi connectivity index (χ4v) is 1.04. The Morgan fingerprint density at radius 1 is 1.58 bits per heavy atom. The van der Waals surface area contributed by atoms with Gasteiger partial charge in [0, 0.05) is 12.8 Å². The summed E-state index contributed by atoms with van der Waals surface area (Å²) in [5.74, 6) is 3.53. The lowest BCUT2D eigenvalue weighted by Gasteiger charge is -2.00. The van der Waals surface area contributed by atoms with E-state index in [9.17, 15) is 4.79 Å². The molecule has 66 valence electrons. The van der Waals surface area contributed by atoms with Crippen molar-refractivity contribution in [2.45, 2.75) is 25.7 Å². The number of carbonyl (C=O) groups is 1. The number of ketones is 1. The monoisotopic (exact) mass is 165 g/mol. The fraction of sp³-hybridized carbons (Fsp3) is 0.700. The van der Waals surface area contributed by atoms with Crippen molar-refractivity contribution in [2.75, 3.05) is 13.1 Å². The van der Waals surface area contributed by atoms with Gasteiger partial charge in [0.2, 0.25) is 0 Å². The molecule has 1 fully saturated rings. The minimum atomic E-state index is 0.230. The van der Waals surface area contributed by atoms with Crippen molar-refractivity contribution in [2.24, 2.45) is 5.92 Å². The maximum Gasteiger partial charge on any atom is 0.147 e. The average Bonchev–Trinajstić information content (AvgIpc) is 2.84. The minimum Gasteiger partial charge on any atom is -0.310 e. The molecular weight excluding hydrogens is 150 g/mol. The van der Waals surface area contributed by atoms with Gasteiger partial charge in [-0.15, -0.1) is 12.3 Å². The number of rotatable bonds is 6. The zero-order valence-electron chi connectivity index (χ0n) is 7.31. The first-order valence-corrected chi connectivity index (χ1v) is 4.49. The third kappa shape index (κ3) is 4.15. The summed E-state index contributed by atoms with van der Waals surface area (Å²) >= 11 is 0. The second kappa shape index (κ2) is 4.95. The molecule has 1 aliphatic rings. The smallest absolute Gasteiger partial charge is 0.147 e. The predicted molar refractivity (Wildman–Crippen MR) is 48.7 cm³/mol. The summed E-state index contributed by atoms with van der Waals surface area (Å²) < 4.78 is 0. The van der Waals surface area contributed by atoms with Gasteiger partial charge < -0.3 is 5.32 Å². The number of terminal acetylenes is 1. The van der Waals surface area contributed by atoms with Gasteiger partial charge in [-0.3, -0.25) is 4.79 Å². The molecule has 0 heterocycles. The van der Waals surface area contributed by atoms with E-state index in [2.05, 4.69) is 11.2 Å². The number of hydrogen-bond donors (Lipinski definition) is 1. The molecule has 2 nitrogen and oxygen atoms in total. The predicted octanol–water partition coefficient (Wildman–Crippen LogP) is 0.968. The van der Waals surface area contributed by atoms with Crippen molar-refractivity contribution >= 4 is 5.78 Å². The molecule has 2 heteroatoms. The molecule has 12 heavy (non-hydrogen) atoms. The van der Waals surface area contributed by atoms with Gasteiger partial charge in [-0.25, -0.2) is 0 Å². The van der Waals surface area contributed by atoms with Crippen LogP contribution >= 0.6 is 0 Å². The highest BCUT2D eigenvalue weighted by molar-refractivity contribution is 5.80. The Kier molecular flexibility index (Phi) is 3.83. The number of carbonyl (C=O) groups excluding carboxylic acids is 1. The first kappa shape index (κ1) is 9.28. The third-order valence-corrected chi connectivity index (χ3v) is 2.00. The fourth-order valence-electron chi connectivity index (χ4n) is 1.04. The van der Waals surface area contributed by atoms with E-state index >= 15 is 0 Å². The van der Waals surface area contributed by atoms with Gasteiger partial charge in [-0.05, 0) is 25.3 Å². The molecule has 0 atom stereocenters. The van der Waals surface area contributed by atoms with Gasteiger partial charge in [0.15, 0.2) is 0 Å². The van der Waals surface area contributed by atoms with E-state index in [-0.39, 0.29) is 5.78 Å². The molecule has 0 aliphatic heterocycles. The Morgan fingerprint density at radius 2 is 2.33 bits per heavy atom. The van der Waals surface area contributed by atoms with Crippen LogP contribution in [0.3, 0.4) is 0 Å². The van der Waals surface area contributed by atoms with E-state index in [1.165, 1.54) is 12.8 Å². The summed E-state index contributed by atoms with van der Waals surface area (Å²) in [4.78, 5) is 11.0. The van der Waals surface area contributed by atoms with Crippen LogP contribution in [0.15, 0.2) is 0 Å². The number of Topliss-reactive ketones (excluding diaryl/α,β-unsaturated/α-hetero) is 1. The zero-order valence-corrected chi connectivity index (χ0v) is 7.31. The van der Waals surface area contributed by atoms with Crippen molar-refractivity contribution in [3.05, 3.63) is 0 Å². The SMILES string of the molecule is C#CCCC(=O)CNCC1CC1. The largest absolute Gasteiger partial charge is 0.310 e. The Morgan fingerprint density at radius 3 is 2.92 bits per heavy atom. The van der Waals surface area contributed by atoms with Gasteiger partial charge >= 0.3 is 0 Å². The highest BCUT2D eigenvalue weighted by Crippen LogP contribution is 2.27. The van der Waals surface area contributed by atoms with Gasteiger partial charge in [-0.2, -0.15) is 0 Å². The minimum absolute atomic E-state index is 0.230. The van der Waals surface area contributed by atoms with E-state index in [0.717, 1.165) is 12.5 Å². The molecule has 0 aromatic rings. The van der Waals surface area contributed by atoms with Crippen LogP contribution in [0.4, 0.5) is 0 Å². The molecule has 1 saturated carbocycles. The highest BCUT2D eigenvalue weighted by Gasteiger charge is 2.20. The topological polar surface area (TPSA) is 29.1 Å². The Labute approximate surface area is 73.7 Å². The van der Waals surface area contributed by atoms with Crippen LogP contribution in [-0.2, 0) is 4.79 Å². The lowest BCUT2D eigenvalue weighted by atomic mass is 10.2. The van der Waals surface area contributed by atoms with Gasteiger partial charge in [0.05, 0.1) is 6.54 Å². The van der Waals surface area contributed by atoms with Crippen molar-refractivity contribution < 1.29 is 4.79 Å². The van der Waals surface area contributed by atoms with Crippen molar-refractivity contribution in [1.82, 2.24) is 5.32 Å². The Bertz CT molecular complexity index is 189. The second-order valence-electron chi connectivity index (χ2n) is 3.32. The summed E-state index contributed by atoms with van der Waals surface area (Å²) in [6.45, 7) is 1.50. The molecule has 1 N–H and O–H groups in total. The first-order chi connectivity index (χ1) is 5.83. The molecule has 0 spiro atoms. The van der Waals surface area contributed by atoms with Crippen LogP contribution in [0.25, 0.3) is 0 Å². The molecule has 0 aromatic carbocycles. The first-order valence-electron chi connectivity index (χ1n) is 4.49. The van der Waals surface area contributed by atoms with Crippen LogP contribution in [-0.4, -0.2) is 18.9 Å². The molecule has 0 radical (unpaired) electrons. The summed E-state index contributed by atoms with van der Waals surface area (Å²) in [6.07, 6.45) is 8.79. The van der Waals surface area contributed by atoms with Crippen molar-refractivity contribution in [3.63, 3.8) is 0 Å². The van der Waals surface area contributed by atoms with E-state index < -0.39 is 0 Å². The summed E-state index contributed by atoms with van der Waals surface area (Å²) in [5, 5.41) is 3.14. The molecule has 1 aliphatic carbocycles. The summed E-state index contributed by atoms with van der Waals surface area (Å²) in [6, 6.07) is 0. The quantitative estimate of drug-likeness (QED) is 0.594. The van der Waals surface area contributed by atoms with Crippen molar-refractivity contribution in [1.29, 1.82) is 0 Å². The number of hydrogen-bond acceptors (Lipinski definition) is 2.